The Balaban J connectivity index is 1.11. The summed E-state index contributed by atoms with van der Waals surface area (Å²) < 4.78 is 8.82. The number of thiophene rings is 1. The highest BCUT2D eigenvalue weighted by atomic mass is 32.1. The number of benzene rings is 9. The van der Waals surface area contributed by atoms with Gasteiger partial charge in [0.1, 0.15) is 11.2 Å². The van der Waals surface area contributed by atoms with Crippen LogP contribution in [0, 0.1) is 0 Å². The van der Waals surface area contributed by atoms with E-state index >= 15 is 0 Å². The highest BCUT2D eigenvalue weighted by molar-refractivity contribution is 7.26. The van der Waals surface area contributed by atoms with Crippen LogP contribution in [0.25, 0.3) is 85.9 Å². The van der Waals surface area contributed by atoms with Gasteiger partial charge in [0.15, 0.2) is 0 Å². The third kappa shape index (κ3) is 4.86. The van der Waals surface area contributed by atoms with Gasteiger partial charge in [-0.3, -0.25) is 0 Å². The van der Waals surface area contributed by atoms with Crippen LogP contribution >= 0.6 is 11.3 Å². The zero-order valence-electron chi connectivity index (χ0n) is 28.7. The fraction of sp³-hybridized carbons (Fsp3) is 0. The van der Waals surface area contributed by atoms with Crippen LogP contribution in [0.1, 0.15) is 0 Å². The summed E-state index contributed by atoms with van der Waals surface area (Å²) in [5, 5.41) is 9.88. The van der Waals surface area contributed by atoms with Gasteiger partial charge in [0.2, 0.25) is 0 Å². The first-order valence-corrected chi connectivity index (χ1v) is 18.8. The summed E-state index contributed by atoms with van der Waals surface area (Å²) in [7, 11) is 0. The van der Waals surface area contributed by atoms with Crippen molar-refractivity contribution in [3.63, 3.8) is 0 Å². The summed E-state index contributed by atoms with van der Waals surface area (Å²) in [5.74, 6) is 0. The molecular formula is C50H31NOS. The number of rotatable bonds is 5. The first-order chi connectivity index (χ1) is 26.3. The number of hydrogen-bond acceptors (Lipinski definition) is 3. The van der Waals surface area contributed by atoms with Crippen molar-refractivity contribution in [2.45, 2.75) is 0 Å². The van der Waals surface area contributed by atoms with Gasteiger partial charge in [0.25, 0.3) is 0 Å². The lowest BCUT2D eigenvalue weighted by Crippen LogP contribution is -2.09. The lowest BCUT2D eigenvalue weighted by Gasteiger charge is -2.26. The van der Waals surface area contributed by atoms with E-state index in [1.807, 2.05) is 23.5 Å². The Kier molecular flexibility index (Phi) is 6.76. The molecule has 11 aromatic rings. The van der Waals surface area contributed by atoms with Gasteiger partial charge in [0, 0.05) is 48.0 Å². The molecule has 0 atom stereocenters. The smallest absolute Gasteiger partial charge is 0.135 e. The van der Waals surface area contributed by atoms with Crippen LogP contribution in [0.15, 0.2) is 192 Å². The van der Waals surface area contributed by atoms with Crippen molar-refractivity contribution in [1.29, 1.82) is 0 Å². The average Bonchev–Trinajstić information content (AvgIpc) is 3.80. The zero-order valence-corrected chi connectivity index (χ0v) is 29.5. The van der Waals surface area contributed by atoms with Crippen LogP contribution in [0.5, 0.6) is 0 Å². The first-order valence-electron chi connectivity index (χ1n) is 18.0. The Bertz CT molecular complexity index is 3170. The molecular weight excluding hydrogens is 663 g/mol. The van der Waals surface area contributed by atoms with E-state index in [1.54, 1.807) is 0 Å². The van der Waals surface area contributed by atoms with Crippen LogP contribution in [-0.4, -0.2) is 0 Å². The highest BCUT2D eigenvalue weighted by Crippen LogP contribution is 2.47. The Morgan fingerprint density at radius 2 is 1.04 bits per heavy atom. The second kappa shape index (κ2) is 11.9. The fourth-order valence-corrected chi connectivity index (χ4v) is 9.40. The van der Waals surface area contributed by atoms with E-state index in [2.05, 4.69) is 181 Å². The monoisotopic (exact) mass is 693 g/mol. The number of fused-ring (bicyclic) bond motifs is 9. The lowest BCUT2D eigenvalue weighted by atomic mass is 9.94. The maximum atomic E-state index is 6.23. The molecule has 2 heterocycles. The molecule has 0 saturated heterocycles. The van der Waals surface area contributed by atoms with E-state index in [-0.39, 0.29) is 0 Å². The van der Waals surface area contributed by atoms with E-state index < -0.39 is 0 Å². The van der Waals surface area contributed by atoms with E-state index in [0.717, 1.165) is 39.0 Å². The third-order valence-electron chi connectivity index (χ3n) is 10.6. The predicted molar refractivity (Wildman–Crippen MR) is 227 cm³/mol. The number of furan rings is 1. The third-order valence-corrected chi connectivity index (χ3v) is 11.8. The first kappa shape index (κ1) is 30.0. The van der Waals surface area contributed by atoms with Gasteiger partial charge in [-0.1, -0.05) is 121 Å². The molecule has 0 aliphatic heterocycles. The van der Waals surface area contributed by atoms with Gasteiger partial charge >= 0.3 is 0 Å². The van der Waals surface area contributed by atoms with Crippen molar-refractivity contribution in [2.24, 2.45) is 0 Å². The molecule has 0 radical (unpaired) electrons. The molecule has 3 heteroatoms. The normalized spacial score (nSPS) is 11.8. The van der Waals surface area contributed by atoms with Crippen molar-refractivity contribution in [1.82, 2.24) is 0 Å². The molecule has 248 valence electrons. The molecule has 0 aliphatic carbocycles. The molecule has 0 aliphatic rings. The van der Waals surface area contributed by atoms with E-state index in [9.17, 15) is 0 Å². The van der Waals surface area contributed by atoms with Gasteiger partial charge in [0.05, 0.1) is 0 Å². The molecule has 0 bridgehead atoms. The molecule has 0 spiro atoms. The van der Waals surface area contributed by atoms with E-state index in [0.29, 0.717) is 0 Å². The van der Waals surface area contributed by atoms with E-state index in [1.165, 1.54) is 64.0 Å². The molecule has 0 saturated carbocycles. The van der Waals surface area contributed by atoms with Crippen LogP contribution in [0.3, 0.4) is 0 Å². The lowest BCUT2D eigenvalue weighted by molar-refractivity contribution is 0.669. The molecule has 53 heavy (non-hydrogen) atoms. The summed E-state index contributed by atoms with van der Waals surface area (Å²) >= 11 is 1.88. The SMILES string of the molecule is c1ccc(N(c2ccc(-c3cccc4ccccc34)cc2)c2ccc3sc4c5ccccc5cc(-c5ccc6oc7ccccc7c6c5)c4c3c2)cc1. The molecule has 0 N–H and O–H groups in total. The van der Waals surface area contributed by atoms with E-state index in [4.69, 9.17) is 4.42 Å². The van der Waals surface area contributed by atoms with Crippen LogP contribution in [0.2, 0.25) is 0 Å². The number of nitrogens with zero attached hydrogens (tertiary/aromatic N) is 1. The van der Waals surface area contributed by atoms with Crippen molar-refractivity contribution in [2.75, 3.05) is 4.90 Å². The topological polar surface area (TPSA) is 16.4 Å². The predicted octanol–water partition coefficient (Wildman–Crippen LogP) is 15.1. The van der Waals surface area contributed by atoms with Gasteiger partial charge in [-0.05, 0) is 111 Å². The van der Waals surface area contributed by atoms with Crippen molar-refractivity contribution < 1.29 is 4.42 Å². The number of para-hydroxylation sites is 2. The summed E-state index contributed by atoms with van der Waals surface area (Å²) in [4.78, 5) is 2.38. The van der Waals surface area contributed by atoms with Crippen LogP contribution in [0.4, 0.5) is 17.1 Å². The van der Waals surface area contributed by atoms with Crippen molar-refractivity contribution >= 4 is 92.1 Å². The molecule has 0 unspecified atom stereocenters. The summed E-state index contributed by atoms with van der Waals surface area (Å²) in [5.41, 5.74) is 10.1. The Hall–Kier alpha value is -6.68. The minimum Gasteiger partial charge on any atom is -0.456 e. The number of hydrogen-bond donors (Lipinski definition) is 0. The molecule has 9 aromatic carbocycles. The summed E-state index contributed by atoms with van der Waals surface area (Å²) in [6.07, 6.45) is 0. The molecule has 0 amide bonds. The minimum atomic E-state index is 0.911. The highest BCUT2D eigenvalue weighted by Gasteiger charge is 2.19. The van der Waals surface area contributed by atoms with Gasteiger partial charge < -0.3 is 9.32 Å². The van der Waals surface area contributed by atoms with Gasteiger partial charge in [-0.15, -0.1) is 11.3 Å². The van der Waals surface area contributed by atoms with Crippen molar-refractivity contribution in [3.05, 3.63) is 188 Å². The Labute approximate surface area is 310 Å². The number of anilines is 3. The second-order valence-corrected chi connectivity index (χ2v) is 14.7. The van der Waals surface area contributed by atoms with Crippen LogP contribution < -0.4 is 4.90 Å². The Morgan fingerprint density at radius 3 is 1.91 bits per heavy atom. The average molecular weight is 694 g/mol. The molecule has 2 aromatic heterocycles. The molecule has 2 nitrogen and oxygen atoms in total. The standard InChI is InChI=1S/C50H31NOS/c1-2-14-36(15-3-1)51(37-24-21-33(22-25-37)40-19-10-13-32-11-4-6-16-39(32)40)38-26-28-48-45(31-38)49-43(29-34-12-5-7-17-41(34)50(49)53-48)35-23-27-47-44(30-35)42-18-8-9-20-46(42)52-47/h1-31H. The molecule has 11 rings (SSSR count). The Morgan fingerprint density at radius 1 is 0.377 bits per heavy atom. The fourth-order valence-electron chi connectivity index (χ4n) is 8.15. The maximum Gasteiger partial charge on any atom is 0.135 e. The van der Waals surface area contributed by atoms with Crippen molar-refractivity contribution in [3.8, 4) is 22.3 Å². The summed E-state index contributed by atoms with van der Waals surface area (Å²) in [6, 6.07) is 68.0. The zero-order chi connectivity index (χ0) is 34.9. The second-order valence-electron chi connectivity index (χ2n) is 13.7. The quantitative estimate of drug-likeness (QED) is 0.178. The van der Waals surface area contributed by atoms with Gasteiger partial charge in [-0.2, -0.15) is 0 Å². The maximum absolute atomic E-state index is 6.23. The summed E-state index contributed by atoms with van der Waals surface area (Å²) in [6.45, 7) is 0. The van der Waals surface area contributed by atoms with Crippen LogP contribution in [-0.2, 0) is 0 Å². The largest absolute Gasteiger partial charge is 0.456 e. The molecule has 0 fully saturated rings. The van der Waals surface area contributed by atoms with Gasteiger partial charge in [-0.25, -0.2) is 0 Å². The minimum absolute atomic E-state index is 0.911.